The molecule has 15 heavy (non-hydrogen) atoms. The van der Waals surface area contributed by atoms with Crippen LogP contribution in [0.1, 0.15) is 17.7 Å². The van der Waals surface area contributed by atoms with E-state index >= 15 is 0 Å². The van der Waals surface area contributed by atoms with Gasteiger partial charge in [-0.25, -0.2) is 4.98 Å². The van der Waals surface area contributed by atoms with Crippen LogP contribution in [0.5, 0.6) is 5.88 Å². The van der Waals surface area contributed by atoms with Crippen LogP contribution in [0.25, 0.3) is 0 Å². The molecule has 4 nitrogen and oxygen atoms in total. The van der Waals surface area contributed by atoms with Gasteiger partial charge in [0.25, 0.3) is 0 Å². The van der Waals surface area contributed by atoms with Crippen molar-refractivity contribution in [2.24, 2.45) is 0 Å². The fraction of sp³-hybridized carbons (Fsp3) is 0.545. The minimum atomic E-state index is 0.0167. The maximum Gasteiger partial charge on any atom is 0.213 e. The SMILES string of the molecule is COCCCOc1ccc(CO)c(C)n1. The maximum absolute atomic E-state index is 8.96. The van der Waals surface area contributed by atoms with Crippen LogP contribution in [0.2, 0.25) is 0 Å². The van der Waals surface area contributed by atoms with E-state index in [0.717, 1.165) is 17.7 Å². The third-order valence-corrected chi connectivity index (χ3v) is 2.08. The van der Waals surface area contributed by atoms with Crippen molar-refractivity contribution in [3.05, 3.63) is 23.4 Å². The molecular weight excluding hydrogens is 194 g/mol. The van der Waals surface area contributed by atoms with Crippen LogP contribution in [-0.2, 0) is 11.3 Å². The number of rotatable bonds is 6. The van der Waals surface area contributed by atoms with E-state index in [1.165, 1.54) is 0 Å². The molecule has 0 aromatic carbocycles. The monoisotopic (exact) mass is 211 g/mol. The Bertz CT molecular complexity index is 302. The summed E-state index contributed by atoms with van der Waals surface area (Å²) in [5.74, 6) is 0.598. The van der Waals surface area contributed by atoms with Gasteiger partial charge in [0, 0.05) is 31.9 Å². The Balaban J connectivity index is 2.45. The second-order valence-corrected chi connectivity index (χ2v) is 3.25. The number of methoxy groups -OCH3 is 1. The van der Waals surface area contributed by atoms with Crippen molar-refractivity contribution in [1.29, 1.82) is 0 Å². The Hall–Kier alpha value is -1.13. The van der Waals surface area contributed by atoms with E-state index in [0.29, 0.717) is 19.1 Å². The van der Waals surface area contributed by atoms with Gasteiger partial charge >= 0.3 is 0 Å². The first-order valence-corrected chi connectivity index (χ1v) is 4.97. The van der Waals surface area contributed by atoms with E-state index in [4.69, 9.17) is 14.6 Å². The minimum absolute atomic E-state index is 0.0167. The second-order valence-electron chi connectivity index (χ2n) is 3.25. The largest absolute Gasteiger partial charge is 0.478 e. The number of aliphatic hydroxyl groups is 1. The van der Waals surface area contributed by atoms with Gasteiger partial charge in [-0.1, -0.05) is 0 Å². The van der Waals surface area contributed by atoms with Crippen molar-refractivity contribution >= 4 is 0 Å². The zero-order valence-corrected chi connectivity index (χ0v) is 9.19. The van der Waals surface area contributed by atoms with Gasteiger partial charge in [-0.05, 0) is 18.6 Å². The van der Waals surface area contributed by atoms with Crippen LogP contribution >= 0.6 is 0 Å². The number of aryl methyl sites for hydroxylation is 1. The zero-order chi connectivity index (χ0) is 11.1. The molecule has 0 atom stereocenters. The Morgan fingerprint density at radius 3 is 2.73 bits per heavy atom. The number of aromatic nitrogens is 1. The van der Waals surface area contributed by atoms with Crippen LogP contribution in [0.3, 0.4) is 0 Å². The van der Waals surface area contributed by atoms with Gasteiger partial charge in [-0.3, -0.25) is 0 Å². The average molecular weight is 211 g/mol. The first-order valence-electron chi connectivity index (χ1n) is 4.97. The summed E-state index contributed by atoms with van der Waals surface area (Å²) in [6.07, 6.45) is 0.846. The lowest BCUT2D eigenvalue weighted by Gasteiger charge is -2.07. The maximum atomic E-state index is 8.96. The van der Waals surface area contributed by atoms with Gasteiger partial charge in [0.15, 0.2) is 0 Å². The quantitative estimate of drug-likeness (QED) is 0.720. The number of nitrogens with zero attached hydrogens (tertiary/aromatic N) is 1. The van der Waals surface area contributed by atoms with Gasteiger partial charge in [0.05, 0.1) is 13.2 Å². The zero-order valence-electron chi connectivity index (χ0n) is 9.19. The van der Waals surface area contributed by atoms with Crippen molar-refractivity contribution in [2.75, 3.05) is 20.3 Å². The first-order chi connectivity index (χ1) is 7.27. The van der Waals surface area contributed by atoms with Gasteiger partial charge in [0.2, 0.25) is 5.88 Å². The molecule has 0 fully saturated rings. The molecule has 1 N–H and O–H groups in total. The smallest absolute Gasteiger partial charge is 0.213 e. The molecular formula is C11H17NO3. The van der Waals surface area contributed by atoms with Gasteiger partial charge in [-0.2, -0.15) is 0 Å². The van der Waals surface area contributed by atoms with Crippen molar-refractivity contribution in [3.8, 4) is 5.88 Å². The number of aliphatic hydroxyl groups excluding tert-OH is 1. The van der Waals surface area contributed by atoms with Crippen molar-refractivity contribution in [3.63, 3.8) is 0 Å². The van der Waals surface area contributed by atoms with Gasteiger partial charge in [-0.15, -0.1) is 0 Å². The summed E-state index contributed by atoms with van der Waals surface area (Å²) in [4.78, 5) is 4.22. The minimum Gasteiger partial charge on any atom is -0.478 e. The standard InChI is InChI=1S/C11H17NO3/c1-9-10(8-13)4-5-11(12-9)15-7-3-6-14-2/h4-5,13H,3,6-8H2,1-2H3. The van der Waals surface area contributed by atoms with Crippen molar-refractivity contribution < 1.29 is 14.6 Å². The normalized spacial score (nSPS) is 10.3. The highest BCUT2D eigenvalue weighted by molar-refractivity contribution is 5.24. The third-order valence-electron chi connectivity index (χ3n) is 2.08. The van der Waals surface area contributed by atoms with E-state index in [-0.39, 0.29) is 6.61 Å². The number of pyridine rings is 1. The highest BCUT2D eigenvalue weighted by Crippen LogP contribution is 2.12. The van der Waals surface area contributed by atoms with Crippen LogP contribution < -0.4 is 4.74 Å². The molecule has 4 heteroatoms. The predicted octanol–water partition coefficient (Wildman–Crippen LogP) is 1.30. The van der Waals surface area contributed by atoms with E-state index in [1.54, 1.807) is 13.2 Å². The summed E-state index contributed by atoms with van der Waals surface area (Å²) in [6.45, 7) is 3.16. The molecule has 0 saturated carbocycles. The molecule has 0 radical (unpaired) electrons. The van der Waals surface area contributed by atoms with Gasteiger partial charge < -0.3 is 14.6 Å². The molecule has 1 aromatic rings. The molecule has 0 spiro atoms. The molecule has 0 aliphatic carbocycles. The van der Waals surface area contributed by atoms with Gasteiger partial charge in [0.1, 0.15) is 0 Å². The Labute approximate surface area is 89.9 Å². The Morgan fingerprint density at radius 2 is 2.13 bits per heavy atom. The topological polar surface area (TPSA) is 51.6 Å². The lowest BCUT2D eigenvalue weighted by molar-refractivity contribution is 0.170. The lowest BCUT2D eigenvalue weighted by atomic mass is 10.2. The molecule has 1 heterocycles. The Kier molecular flexibility index (Phi) is 5.07. The van der Waals surface area contributed by atoms with Crippen molar-refractivity contribution in [1.82, 2.24) is 4.98 Å². The molecule has 0 aliphatic heterocycles. The fourth-order valence-corrected chi connectivity index (χ4v) is 1.19. The molecule has 1 aromatic heterocycles. The van der Waals surface area contributed by atoms with E-state index in [1.807, 2.05) is 13.0 Å². The fourth-order valence-electron chi connectivity index (χ4n) is 1.19. The summed E-state index contributed by atoms with van der Waals surface area (Å²) in [7, 11) is 1.67. The number of hydrogen-bond acceptors (Lipinski definition) is 4. The summed E-state index contributed by atoms with van der Waals surface area (Å²) < 4.78 is 10.3. The molecule has 1 rings (SSSR count). The second kappa shape index (κ2) is 6.37. The van der Waals surface area contributed by atoms with Crippen LogP contribution in [-0.4, -0.2) is 30.4 Å². The number of hydrogen-bond donors (Lipinski definition) is 1. The molecule has 0 bridgehead atoms. The molecule has 0 saturated heterocycles. The molecule has 0 amide bonds. The highest BCUT2D eigenvalue weighted by atomic mass is 16.5. The van der Waals surface area contributed by atoms with Crippen molar-refractivity contribution in [2.45, 2.75) is 20.0 Å². The Morgan fingerprint density at radius 1 is 1.33 bits per heavy atom. The van der Waals surface area contributed by atoms with E-state index in [2.05, 4.69) is 4.98 Å². The lowest BCUT2D eigenvalue weighted by Crippen LogP contribution is -2.03. The highest BCUT2D eigenvalue weighted by Gasteiger charge is 2.01. The molecule has 84 valence electrons. The van der Waals surface area contributed by atoms with E-state index < -0.39 is 0 Å². The number of ether oxygens (including phenoxy) is 2. The van der Waals surface area contributed by atoms with Crippen LogP contribution in [0.15, 0.2) is 12.1 Å². The average Bonchev–Trinajstić information content (AvgIpc) is 2.25. The summed E-state index contributed by atoms with van der Waals surface area (Å²) in [6, 6.07) is 3.60. The third kappa shape index (κ3) is 3.85. The van der Waals surface area contributed by atoms with Crippen LogP contribution in [0.4, 0.5) is 0 Å². The molecule has 0 aliphatic rings. The van der Waals surface area contributed by atoms with E-state index in [9.17, 15) is 0 Å². The predicted molar refractivity (Wildman–Crippen MR) is 56.9 cm³/mol. The first kappa shape index (κ1) is 11.9. The summed E-state index contributed by atoms with van der Waals surface area (Å²) in [5, 5.41) is 8.96. The van der Waals surface area contributed by atoms with Crippen LogP contribution in [0, 0.1) is 6.92 Å². The summed E-state index contributed by atoms with van der Waals surface area (Å²) in [5.41, 5.74) is 1.64. The summed E-state index contributed by atoms with van der Waals surface area (Å²) >= 11 is 0. The molecule has 0 unspecified atom stereocenters.